The Balaban J connectivity index is 1.87. The van der Waals surface area contributed by atoms with Gasteiger partial charge >= 0.3 is 0 Å². The fourth-order valence-corrected chi connectivity index (χ4v) is 3.48. The molecule has 2 aliphatic heterocycles. The number of anilines is 1. The molecule has 0 fully saturated rings. The largest absolute Gasteiger partial charge is 0.286 e. The third-order valence-electron chi connectivity index (χ3n) is 4.47. The molecule has 134 valence electrons. The second-order valence-electron chi connectivity index (χ2n) is 6.19. The standard InChI is InChI=1S/C19H12BrN3O4/c1-9-7-13-15(8-14(9)20)22(10(2)24)19(27)16(13)21-23-17(25)11-5-3-4-6-12(11)18(23)26/h3-8H,1-2H3/b21-16+. The Morgan fingerprint density at radius 2 is 1.56 bits per heavy atom. The van der Waals surface area contributed by atoms with Crippen LogP contribution in [0.3, 0.4) is 0 Å². The van der Waals surface area contributed by atoms with Crippen LogP contribution in [-0.4, -0.2) is 34.3 Å². The van der Waals surface area contributed by atoms with Crippen molar-refractivity contribution < 1.29 is 19.2 Å². The van der Waals surface area contributed by atoms with Gasteiger partial charge in [0.1, 0.15) is 0 Å². The average Bonchev–Trinajstić information content (AvgIpc) is 3.02. The average molecular weight is 426 g/mol. The molecule has 0 radical (unpaired) electrons. The molecule has 4 rings (SSSR count). The predicted octanol–water partition coefficient (Wildman–Crippen LogP) is 2.65. The zero-order valence-electron chi connectivity index (χ0n) is 14.3. The van der Waals surface area contributed by atoms with E-state index in [0.29, 0.717) is 16.3 Å². The van der Waals surface area contributed by atoms with Gasteiger partial charge in [0.05, 0.1) is 16.8 Å². The highest BCUT2D eigenvalue weighted by Gasteiger charge is 2.41. The molecular formula is C19H12BrN3O4. The number of hydrogen-bond donors (Lipinski definition) is 0. The van der Waals surface area contributed by atoms with Crippen molar-refractivity contribution in [2.24, 2.45) is 5.10 Å². The summed E-state index contributed by atoms with van der Waals surface area (Å²) in [6, 6.07) is 9.70. The highest BCUT2D eigenvalue weighted by atomic mass is 79.9. The summed E-state index contributed by atoms with van der Waals surface area (Å²) >= 11 is 3.38. The molecular weight excluding hydrogens is 414 g/mol. The van der Waals surface area contributed by atoms with Gasteiger partial charge < -0.3 is 0 Å². The van der Waals surface area contributed by atoms with Gasteiger partial charge in [-0.05, 0) is 36.8 Å². The molecule has 0 atom stereocenters. The van der Waals surface area contributed by atoms with Crippen LogP contribution in [0.15, 0.2) is 46.0 Å². The predicted molar refractivity (Wildman–Crippen MR) is 101 cm³/mol. The van der Waals surface area contributed by atoms with Crippen molar-refractivity contribution in [1.29, 1.82) is 0 Å². The molecule has 4 amide bonds. The lowest BCUT2D eigenvalue weighted by atomic mass is 10.1. The Hall–Kier alpha value is -3.13. The van der Waals surface area contributed by atoms with Crippen molar-refractivity contribution in [3.8, 4) is 0 Å². The summed E-state index contributed by atoms with van der Waals surface area (Å²) < 4.78 is 0.724. The molecule has 0 unspecified atom stereocenters. The van der Waals surface area contributed by atoms with E-state index in [-0.39, 0.29) is 16.8 Å². The molecule has 0 saturated heterocycles. The van der Waals surface area contributed by atoms with Crippen LogP contribution in [0.4, 0.5) is 5.69 Å². The van der Waals surface area contributed by atoms with Gasteiger partial charge in [0.2, 0.25) is 5.91 Å². The van der Waals surface area contributed by atoms with E-state index in [4.69, 9.17) is 0 Å². The summed E-state index contributed by atoms with van der Waals surface area (Å²) in [7, 11) is 0. The van der Waals surface area contributed by atoms with Crippen LogP contribution in [0, 0.1) is 6.92 Å². The summed E-state index contributed by atoms with van der Waals surface area (Å²) in [5, 5.41) is 4.75. The van der Waals surface area contributed by atoms with Crippen LogP contribution >= 0.6 is 15.9 Å². The third kappa shape index (κ3) is 2.44. The van der Waals surface area contributed by atoms with Crippen LogP contribution in [0.25, 0.3) is 0 Å². The molecule has 8 heteroatoms. The molecule has 0 N–H and O–H groups in total. The fraction of sp³-hybridized carbons (Fsp3) is 0.105. The zero-order valence-corrected chi connectivity index (χ0v) is 15.9. The number of fused-ring (bicyclic) bond motifs is 2. The molecule has 0 aliphatic carbocycles. The Kier molecular flexibility index (Phi) is 3.81. The number of amides is 4. The lowest BCUT2D eigenvalue weighted by Crippen LogP contribution is -2.36. The first-order valence-electron chi connectivity index (χ1n) is 8.03. The summed E-state index contributed by atoms with van der Waals surface area (Å²) in [5.74, 6) is -2.36. The molecule has 2 aromatic carbocycles. The number of halogens is 1. The highest BCUT2D eigenvalue weighted by molar-refractivity contribution is 9.10. The first-order valence-corrected chi connectivity index (χ1v) is 8.82. The number of carbonyl (C=O) groups is 4. The third-order valence-corrected chi connectivity index (χ3v) is 5.32. The van der Waals surface area contributed by atoms with Crippen molar-refractivity contribution in [3.05, 3.63) is 63.1 Å². The van der Waals surface area contributed by atoms with Crippen LogP contribution in [0.2, 0.25) is 0 Å². The van der Waals surface area contributed by atoms with Gasteiger partial charge in [0.25, 0.3) is 17.7 Å². The number of carbonyl (C=O) groups excluding carboxylic acids is 4. The maximum Gasteiger partial charge on any atom is 0.286 e. The van der Waals surface area contributed by atoms with Gasteiger partial charge in [0, 0.05) is 17.0 Å². The number of nitrogens with zero attached hydrogens (tertiary/aromatic N) is 3. The van der Waals surface area contributed by atoms with Crippen LogP contribution in [-0.2, 0) is 9.59 Å². The van der Waals surface area contributed by atoms with E-state index >= 15 is 0 Å². The van der Waals surface area contributed by atoms with Crippen molar-refractivity contribution in [2.75, 3.05) is 4.90 Å². The molecule has 0 aromatic heterocycles. The summed E-state index contributed by atoms with van der Waals surface area (Å²) in [6.07, 6.45) is 0. The van der Waals surface area contributed by atoms with Gasteiger partial charge in [-0.25, -0.2) is 4.90 Å². The van der Waals surface area contributed by atoms with Gasteiger partial charge in [0.15, 0.2) is 5.71 Å². The summed E-state index contributed by atoms with van der Waals surface area (Å²) in [4.78, 5) is 50.9. The molecule has 0 spiro atoms. The number of imide groups is 2. The van der Waals surface area contributed by atoms with Gasteiger partial charge in [-0.1, -0.05) is 28.1 Å². The monoisotopic (exact) mass is 425 g/mol. The Morgan fingerprint density at radius 3 is 2.11 bits per heavy atom. The molecule has 0 bridgehead atoms. The quantitative estimate of drug-likeness (QED) is 0.657. The molecule has 7 nitrogen and oxygen atoms in total. The summed E-state index contributed by atoms with van der Waals surface area (Å²) in [6.45, 7) is 3.09. The fourth-order valence-electron chi connectivity index (χ4n) is 3.15. The minimum Gasteiger partial charge on any atom is -0.274 e. The van der Waals surface area contributed by atoms with Crippen LogP contribution in [0.1, 0.15) is 38.8 Å². The Labute approximate surface area is 162 Å². The Bertz CT molecular complexity index is 1070. The van der Waals surface area contributed by atoms with E-state index in [0.717, 1.165) is 14.9 Å². The minimum absolute atomic E-state index is 0.120. The molecule has 2 aromatic rings. The zero-order chi connectivity index (χ0) is 19.5. The first-order chi connectivity index (χ1) is 12.8. The second kappa shape index (κ2) is 5.95. The molecule has 2 aliphatic rings. The molecule has 0 saturated carbocycles. The van der Waals surface area contributed by atoms with Crippen molar-refractivity contribution >= 4 is 51.0 Å². The van der Waals surface area contributed by atoms with Gasteiger partial charge in [-0.3, -0.25) is 19.2 Å². The van der Waals surface area contributed by atoms with Crippen LogP contribution in [0.5, 0.6) is 0 Å². The topological polar surface area (TPSA) is 87.1 Å². The minimum atomic E-state index is -0.674. The number of hydrogen-bond acceptors (Lipinski definition) is 5. The van der Waals surface area contributed by atoms with E-state index in [1.165, 1.54) is 19.1 Å². The lowest BCUT2D eigenvalue weighted by Gasteiger charge is -2.12. The normalized spacial score (nSPS) is 17.0. The van der Waals surface area contributed by atoms with Crippen LogP contribution < -0.4 is 4.90 Å². The maximum atomic E-state index is 12.8. The highest BCUT2D eigenvalue weighted by Crippen LogP contribution is 2.35. The maximum absolute atomic E-state index is 12.8. The van der Waals surface area contributed by atoms with Crippen molar-refractivity contribution in [3.63, 3.8) is 0 Å². The first kappa shape index (κ1) is 17.3. The molecule has 2 heterocycles. The SMILES string of the molecule is CC(=O)N1C(=O)/C(=N/N2C(=O)c3ccccc3C2=O)c2cc(C)c(Br)cc21. The smallest absolute Gasteiger partial charge is 0.274 e. The summed E-state index contributed by atoms with van der Waals surface area (Å²) in [5.41, 5.74) is 1.92. The van der Waals surface area contributed by atoms with E-state index in [1.54, 1.807) is 24.3 Å². The second-order valence-corrected chi connectivity index (χ2v) is 7.05. The number of benzene rings is 2. The number of hydrazone groups is 1. The lowest BCUT2D eigenvalue weighted by molar-refractivity contribution is -0.121. The van der Waals surface area contributed by atoms with E-state index in [2.05, 4.69) is 21.0 Å². The van der Waals surface area contributed by atoms with Crippen molar-refractivity contribution in [2.45, 2.75) is 13.8 Å². The van der Waals surface area contributed by atoms with E-state index in [1.807, 2.05) is 6.92 Å². The Morgan fingerprint density at radius 1 is 0.963 bits per heavy atom. The number of aryl methyl sites for hydroxylation is 1. The van der Waals surface area contributed by atoms with Gasteiger partial charge in [-0.2, -0.15) is 10.1 Å². The van der Waals surface area contributed by atoms with E-state index < -0.39 is 23.6 Å². The van der Waals surface area contributed by atoms with Gasteiger partial charge in [-0.15, -0.1) is 0 Å². The molecule has 27 heavy (non-hydrogen) atoms. The van der Waals surface area contributed by atoms with Crippen molar-refractivity contribution in [1.82, 2.24) is 5.01 Å². The van der Waals surface area contributed by atoms with E-state index in [9.17, 15) is 19.2 Å². The number of rotatable bonds is 1.